The number of para-hydroxylation sites is 1. The molecule has 1 N–H and O–H groups in total. The monoisotopic (exact) mass is 338 g/mol. The maximum absolute atomic E-state index is 12.8. The first-order valence-corrected chi connectivity index (χ1v) is 8.57. The summed E-state index contributed by atoms with van der Waals surface area (Å²) in [5, 5.41) is 3.04. The van der Waals surface area contributed by atoms with E-state index in [1.165, 1.54) is 5.56 Å². The normalized spacial score (nSPS) is 21.7. The first-order chi connectivity index (χ1) is 12.1. The van der Waals surface area contributed by atoms with Crippen molar-refractivity contribution in [2.24, 2.45) is 0 Å². The van der Waals surface area contributed by atoms with Crippen LogP contribution in [-0.2, 0) is 11.3 Å². The molecule has 2 aliphatic rings. The van der Waals surface area contributed by atoms with Gasteiger partial charge in [0, 0.05) is 24.3 Å². The van der Waals surface area contributed by atoms with Gasteiger partial charge >= 0.3 is 0 Å². The predicted octanol–water partition coefficient (Wildman–Crippen LogP) is 3.33. The van der Waals surface area contributed by atoms with Gasteiger partial charge in [0.05, 0.1) is 5.54 Å². The van der Waals surface area contributed by atoms with Crippen LogP contribution in [0.4, 0.5) is 5.69 Å². The van der Waals surface area contributed by atoms with E-state index in [-0.39, 0.29) is 12.7 Å². The van der Waals surface area contributed by atoms with Gasteiger partial charge in [-0.2, -0.15) is 0 Å². The van der Waals surface area contributed by atoms with Gasteiger partial charge < -0.3 is 14.8 Å². The van der Waals surface area contributed by atoms with E-state index >= 15 is 0 Å². The Kier molecular flexibility index (Phi) is 3.88. The van der Waals surface area contributed by atoms with Crippen LogP contribution < -0.4 is 14.8 Å². The lowest BCUT2D eigenvalue weighted by Gasteiger charge is -2.49. The maximum Gasteiger partial charge on any atom is 0.244 e. The molecule has 1 amide bonds. The zero-order valence-corrected chi connectivity index (χ0v) is 14.5. The number of carbonyl (C=O) groups is 1. The van der Waals surface area contributed by atoms with Crippen LogP contribution in [0.3, 0.4) is 0 Å². The zero-order chi connectivity index (χ0) is 17.4. The number of anilines is 1. The number of carbonyl (C=O) groups excluding carboxylic acids is 1. The SMILES string of the molecule is Cc1ccc(NC(=O)C2(C)CCN2Cc2cccc3c2OCO3)cc1. The first-order valence-electron chi connectivity index (χ1n) is 8.57. The number of nitrogens with one attached hydrogen (secondary N) is 1. The molecule has 0 radical (unpaired) electrons. The molecule has 4 rings (SSSR count). The van der Waals surface area contributed by atoms with E-state index in [4.69, 9.17) is 9.47 Å². The number of hydrogen-bond acceptors (Lipinski definition) is 4. The minimum absolute atomic E-state index is 0.0346. The molecule has 25 heavy (non-hydrogen) atoms. The fourth-order valence-corrected chi connectivity index (χ4v) is 3.34. The Labute approximate surface area is 147 Å². The van der Waals surface area contributed by atoms with Crippen LogP contribution in [0.15, 0.2) is 42.5 Å². The lowest BCUT2D eigenvalue weighted by Crippen LogP contribution is -2.63. The third-order valence-electron chi connectivity index (χ3n) is 5.20. The second kappa shape index (κ2) is 6.08. The fourth-order valence-electron chi connectivity index (χ4n) is 3.34. The maximum atomic E-state index is 12.8. The molecule has 1 saturated heterocycles. The molecular formula is C20H22N2O3. The summed E-state index contributed by atoms with van der Waals surface area (Å²) < 4.78 is 11.0. The second-order valence-electron chi connectivity index (χ2n) is 6.92. The summed E-state index contributed by atoms with van der Waals surface area (Å²) in [5.74, 6) is 1.62. The zero-order valence-electron chi connectivity index (χ0n) is 14.5. The average molecular weight is 338 g/mol. The Morgan fingerprint density at radius 2 is 2.00 bits per heavy atom. The van der Waals surface area contributed by atoms with Crippen molar-refractivity contribution >= 4 is 11.6 Å². The number of rotatable bonds is 4. The average Bonchev–Trinajstić information content (AvgIpc) is 3.09. The van der Waals surface area contributed by atoms with E-state index in [9.17, 15) is 4.79 Å². The molecule has 0 aromatic heterocycles. The number of aryl methyl sites for hydroxylation is 1. The van der Waals surface area contributed by atoms with E-state index in [1.807, 2.05) is 56.3 Å². The molecule has 0 spiro atoms. The number of likely N-dealkylation sites (tertiary alicyclic amines) is 1. The molecule has 2 aliphatic heterocycles. The van der Waals surface area contributed by atoms with Crippen molar-refractivity contribution in [3.63, 3.8) is 0 Å². The van der Waals surface area contributed by atoms with E-state index in [0.29, 0.717) is 6.54 Å². The highest BCUT2D eigenvalue weighted by atomic mass is 16.7. The van der Waals surface area contributed by atoms with Crippen LogP contribution in [0, 0.1) is 6.92 Å². The van der Waals surface area contributed by atoms with Crippen LogP contribution in [0.2, 0.25) is 0 Å². The molecule has 2 aromatic rings. The molecular weight excluding hydrogens is 316 g/mol. The van der Waals surface area contributed by atoms with Crippen molar-refractivity contribution in [2.45, 2.75) is 32.4 Å². The summed E-state index contributed by atoms with van der Waals surface area (Å²) in [5.41, 5.74) is 2.56. The summed E-state index contributed by atoms with van der Waals surface area (Å²) in [6, 6.07) is 13.8. The Hall–Kier alpha value is -2.53. The smallest absolute Gasteiger partial charge is 0.244 e. The van der Waals surface area contributed by atoms with Gasteiger partial charge in [-0.1, -0.05) is 29.8 Å². The van der Waals surface area contributed by atoms with Gasteiger partial charge in [-0.05, 0) is 38.5 Å². The van der Waals surface area contributed by atoms with Crippen LogP contribution in [0.5, 0.6) is 11.5 Å². The van der Waals surface area contributed by atoms with Crippen LogP contribution in [0.1, 0.15) is 24.5 Å². The number of ether oxygens (including phenoxy) is 2. The summed E-state index contributed by atoms with van der Waals surface area (Å²) in [7, 11) is 0. The molecule has 2 aromatic carbocycles. The molecule has 1 atom stereocenters. The number of amides is 1. The number of hydrogen-bond donors (Lipinski definition) is 1. The van der Waals surface area contributed by atoms with Crippen LogP contribution >= 0.6 is 0 Å². The summed E-state index contributed by atoms with van der Waals surface area (Å²) in [6.45, 7) is 5.86. The van der Waals surface area contributed by atoms with Crippen molar-refractivity contribution in [2.75, 3.05) is 18.7 Å². The van der Waals surface area contributed by atoms with Crippen molar-refractivity contribution in [1.82, 2.24) is 4.90 Å². The van der Waals surface area contributed by atoms with Crippen molar-refractivity contribution in [1.29, 1.82) is 0 Å². The lowest BCUT2D eigenvalue weighted by molar-refractivity contribution is -0.136. The Bertz CT molecular complexity index is 803. The van der Waals surface area contributed by atoms with Crippen molar-refractivity contribution in [3.8, 4) is 11.5 Å². The second-order valence-corrected chi connectivity index (χ2v) is 6.92. The number of fused-ring (bicyclic) bond motifs is 1. The minimum atomic E-state index is -0.507. The van der Waals surface area contributed by atoms with Crippen LogP contribution in [0.25, 0.3) is 0 Å². The summed E-state index contributed by atoms with van der Waals surface area (Å²) in [4.78, 5) is 15.0. The molecule has 1 unspecified atom stereocenters. The van der Waals surface area contributed by atoms with Gasteiger partial charge in [0.2, 0.25) is 12.7 Å². The largest absolute Gasteiger partial charge is 0.454 e. The topological polar surface area (TPSA) is 50.8 Å². The third-order valence-corrected chi connectivity index (χ3v) is 5.20. The van der Waals surface area contributed by atoms with Gasteiger partial charge in [0.25, 0.3) is 0 Å². The standard InChI is InChI=1S/C20H22N2O3/c1-14-6-8-16(9-7-14)21-19(23)20(2)10-11-22(20)12-15-4-3-5-17-18(15)25-13-24-17/h3-9H,10-13H2,1-2H3,(H,21,23). The van der Waals surface area contributed by atoms with Gasteiger partial charge in [0.1, 0.15) is 0 Å². The molecule has 0 aliphatic carbocycles. The van der Waals surface area contributed by atoms with Crippen LogP contribution in [-0.4, -0.2) is 29.7 Å². The molecule has 2 heterocycles. The van der Waals surface area contributed by atoms with E-state index in [0.717, 1.165) is 35.7 Å². The van der Waals surface area contributed by atoms with E-state index < -0.39 is 5.54 Å². The van der Waals surface area contributed by atoms with E-state index in [2.05, 4.69) is 10.2 Å². The molecule has 130 valence electrons. The van der Waals surface area contributed by atoms with Gasteiger partial charge in [0.15, 0.2) is 11.5 Å². The van der Waals surface area contributed by atoms with Crippen molar-refractivity contribution < 1.29 is 14.3 Å². The molecule has 5 heteroatoms. The van der Waals surface area contributed by atoms with Gasteiger partial charge in [-0.3, -0.25) is 9.69 Å². The Morgan fingerprint density at radius 3 is 2.72 bits per heavy atom. The Morgan fingerprint density at radius 1 is 1.20 bits per heavy atom. The van der Waals surface area contributed by atoms with Gasteiger partial charge in [-0.25, -0.2) is 0 Å². The summed E-state index contributed by atoms with van der Waals surface area (Å²) in [6.07, 6.45) is 0.844. The fraction of sp³-hybridized carbons (Fsp3) is 0.350. The number of nitrogens with zero attached hydrogens (tertiary/aromatic N) is 1. The highest BCUT2D eigenvalue weighted by Crippen LogP contribution is 2.39. The highest BCUT2D eigenvalue weighted by molar-refractivity contribution is 5.98. The minimum Gasteiger partial charge on any atom is -0.454 e. The van der Waals surface area contributed by atoms with Crippen molar-refractivity contribution in [3.05, 3.63) is 53.6 Å². The molecule has 1 fully saturated rings. The molecule has 0 saturated carbocycles. The summed E-state index contributed by atoms with van der Waals surface area (Å²) >= 11 is 0. The molecule has 5 nitrogen and oxygen atoms in total. The predicted molar refractivity (Wildman–Crippen MR) is 95.8 cm³/mol. The third kappa shape index (κ3) is 2.85. The Balaban J connectivity index is 1.48. The van der Waals surface area contributed by atoms with Gasteiger partial charge in [-0.15, -0.1) is 0 Å². The lowest BCUT2D eigenvalue weighted by atomic mass is 9.85. The molecule has 0 bridgehead atoms. The first kappa shape index (κ1) is 16.0. The number of benzene rings is 2. The highest BCUT2D eigenvalue weighted by Gasteiger charge is 2.47. The van der Waals surface area contributed by atoms with E-state index in [1.54, 1.807) is 0 Å². The quantitative estimate of drug-likeness (QED) is 0.929.